The van der Waals surface area contributed by atoms with E-state index in [1.807, 2.05) is 12.5 Å². The Balaban J connectivity index is 1.18. The van der Waals surface area contributed by atoms with Crippen LogP contribution in [-0.2, 0) is 0 Å². The Kier molecular flexibility index (Phi) is 4.89. The summed E-state index contributed by atoms with van der Waals surface area (Å²) in [4.78, 5) is 22.8. The molecule has 1 aromatic rings. The number of urea groups is 1. The Morgan fingerprint density at radius 2 is 2.00 bits per heavy atom. The standard InChI is InChI=1S/C27H35N5O/c1-26-9-7-20(30-25(33)31-14-11-28-12-15-31)17-19(26)3-4-21-22-5-6-24(32-16-13-29-18-32)27(22,2)10-8-23(21)26/h3,6,11-14,16,18,20-23H,4-5,7-10,15,17H2,1-2H3,(H,30,33)/t20-,21?,22?,23?,26-,27-/m0/s1. The van der Waals surface area contributed by atoms with Gasteiger partial charge in [0, 0.05) is 48.2 Å². The maximum Gasteiger partial charge on any atom is 0.322 e. The van der Waals surface area contributed by atoms with Gasteiger partial charge in [0.2, 0.25) is 0 Å². The topological polar surface area (TPSA) is 62.5 Å². The van der Waals surface area contributed by atoms with Crippen molar-refractivity contribution >= 4 is 17.9 Å². The quantitative estimate of drug-likeness (QED) is 0.634. The second-order valence-electron chi connectivity index (χ2n) is 11.2. The molecule has 6 heteroatoms. The first kappa shape index (κ1) is 20.9. The number of rotatable bonds is 2. The Morgan fingerprint density at radius 1 is 1.12 bits per heavy atom. The van der Waals surface area contributed by atoms with Crippen molar-refractivity contribution in [2.45, 2.75) is 64.8 Å². The second kappa shape index (κ2) is 7.71. The summed E-state index contributed by atoms with van der Waals surface area (Å²) in [7, 11) is 0. The van der Waals surface area contributed by atoms with Gasteiger partial charge in [-0.15, -0.1) is 0 Å². The fourth-order valence-corrected chi connectivity index (χ4v) is 7.91. The van der Waals surface area contributed by atoms with E-state index < -0.39 is 0 Å². The molecule has 0 saturated heterocycles. The molecule has 0 aromatic carbocycles. The Bertz CT molecular complexity index is 1050. The lowest BCUT2D eigenvalue weighted by Crippen LogP contribution is -2.52. The average Bonchev–Trinajstić information content (AvgIpc) is 3.47. The van der Waals surface area contributed by atoms with Gasteiger partial charge in [-0.25, -0.2) is 9.78 Å². The predicted octanol–water partition coefficient (Wildman–Crippen LogP) is 5.23. The van der Waals surface area contributed by atoms with Crippen LogP contribution >= 0.6 is 0 Å². The number of amides is 2. The molecule has 6 nitrogen and oxygen atoms in total. The van der Waals surface area contributed by atoms with Crippen molar-refractivity contribution in [3.63, 3.8) is 0 Å². The lowest BCUT2D eigenvalue weighted by Gasteiger charge is -2.58. The molecular weight excluding hydrogens is 410 g/mol. The molecule has 2 saturated carbocycles. The van der Waals surface area contributed by atoms with Crippen LogP contribution in [0.15, 0.2) is 53.8 Å². The third-order valence-electron chi connectivity index (χ3n) is 9.73. The summed E-state index contributed by atoms with van der Waals surface area (Å²) in [6.07, 6.45) is 24.4. The first-order chi connectivity index (χ1) is 16.0. The fraction of sp³-hybridized carbons (Fsp3) is 0.593. The van der Waals surface area contributed by atoms with E-state index in [4.69, 9.17) is 0 Å². The minimum absolute atomic E-state index is 0.00205. The molecule has 6 atom stereocenters. The summed E-state index contributed by atoms with van der Waals surface area (Å²) in [6.45, 7) is 5.58. The Labute approximate surface area is 196 Å². The Morgan fingerprint density at radius 3 is 2.79 bits per heavy atom. The van der Waals surface area contributed by atoms with Crippen LogP contribution in [0.5, 0.6) is 0 Å². The van der Waals surface area contributed by atoms with E-state index in [1.54, 1.807) is 29.1 Å². The molecule has 3 unspecified atom stereocenters. The first-order valence-electron chi connectivity index (χ1n) is 12.6. The number of allylic oxidation sites excluding steroid dienone is 3. The van der Waals surface area contributed by atoms with Gasteiger partial charge in [-0.1, -0.05) is 31.6 Å². The number of nitrogens with zero attached hydrogens (tertiary/aromatic N) is 4. The van der Waals surface area contributed by atoms with Gasteiger partial charge < -0.3 is 9.88 Å². The number of carbonyl (C=O) groups excluding carboxylic acids is 1. The number of hydrogen-bond acceptors (Lipinski definition) is 3. The zero-order valence-corrected chi connectivity index (χ0v) is 19.8. The molecule has 0 radical (unpaired) electrons. The smallest absolute Gasteiger partial charge is 0.322 e. The summed E-state index contributed by atoms with van der Waals surface area (Å²) >= 11 is 0. The molecule has 33 heavy (non-hydrogen) atoms. The average molecular weight is 446 g/mol. The molecule has 174 valence electrons. The predicted molar refractivity (Wildman–Crippen MR) is 130 cm³/mol. The summed E-state index contributed by atoms with van der Waals surface area (Å²) in [5.74, 6) is 2.22. The van der Waals surface area contributed by atoms with Gasteiger partial charge in [-0.2, -0.15) is 0 Å². The molecule has 1 N–H and O–H groups in total. The summed E-state index contributed by atoms with van der Waals surface area (Å²) in [6, 6.07) is 0.230. The second-order valence-corrected chi connectivity index (χ2v) is 11.2. The number of aliphatic imine (C=N–C) groups is 1. The molecule has 5 aliphatic rings. The summed E-state index contributed by atoms with van der Waals surface area (Å²) in [5.41, 5.74) is 3.59. The van der Waals surface area contributed by atoms with Crippen molar-refractivity contribution in [1.29, 1.82) is 0 Å². The molecule has 6 rings (SSSR count). The minimum Gasteiger partial charge on any atom is -0.335 e. The highest BCUT2D eigenvalue weighted by Crippen LogP contribution is 2.65. The highest BCUT2D eigenvalue weighted by molar-refractivity contribution is 5.80. The van der Waals surface area contributed by atoms with Crippen LogP contribution in [0.4, 0.5) is 4.79 Å². The van der Waals surface area contributed by atoms with E-state index >= 15 is 0 Å². The van der Waals surface area contributed by atoms with Crippen molar-refractivity contribution in [3.8, 4) is 0 Å². The van der Waals surface area contributed by atoms with Gasteiger partial charge in [0.1, 0.15) is 0 Å². The highest BCUT2D eigenvalue weighted by atomic mass is 16.2. The van der Waals surface area contributed by atoms with Gasteiger partial charge in [-0.3, -0.25) is 9.89 Å². The summed E-state index contributed by atoms with van der Waals surface area (Å²) in [5, 5.41) is 3.29. The van der Waals surface area contributed by atoms with Gasteiger partial charge >= 0.3 is 6.03 Å². The van der Waals surface area contributed by atoms with Crippen molar-refractivity contribution < 1.29 is 4.79 Å². The molecule has 2 heterocycles. The van der Waals surface area contributed by atoms with E-state index in [2.05, 4.69) is 52.1 Å². The van der Waals surface area contributed by atoms with Crippen LogP contribution in [0, 0.1) is 28.6 Å². The van der Waals surface area contributed by atoms with Crippen LogP contribution in [0.1, 0.15) is 58.8 Å². The number of imidazole rings is 1. The van der Waals surface area contributed by atoms with Crippen LogP contribution in [0.25, 0.3) is 5.70 Å². The zero-order chi connectivity index (χ0) is 22.6. The SMILES string of the molecule is C[C@]12CC[C@H](NC(=O)N3C=CN=CC3)CC1=CCC1C2CC[C@]2(C)C(n3ccnc3)=CCC12. The lowest BCUT2D eigenvalue weighted by molar-refractivity contribution is -0.0135. The highest BCUT2D eigenvalue weighted by Gasteiger charge is 2.57. The van der Waals surface area contributed by atoms with E-state index in [0.29, 0.717) is 12.5 Å². The normalized spacial score (nSPS) is 39.3. The monoisotopic (exact) mass is 445 g/mol. The van der Waals surface area contributed by atoms with Gasteiger partial charge in [0.15, 0.2) is 0 Å². The van der Waals surface area contributed by atoms with Crippen molar-refractivity contribution in [2.75, 3.05) is 6.54 Å². The number of nitrogens with one attached hydrogen (secondary N) is 1. The van der Waals surface area contributed by atoms with Crippen LogP contribution < -0.4 is 5.32 Å². The molecule has 0 spiro atoms. The van der Waals surface area contributed by atoms with E-state index in [9.17, 15) is 4.79 Å². The van der Waals surface area contributed by atoms with Gasteiger partial charge in [0.05, 0.1) is 12.9 Å². The van der Waals surface area contributed by atoms with E-state index in [0.717, 1.165) is 24.7 Å². The third kappa shape index (κ3) is 3.24. The largest absolute Gasteiger partial charge is 0.335 e. The van der Waals surface area contributed by atoms with E-state index in [-0.39, 0.29) is 22.9 Å². The molecule has 2 amide bonds. The first-order valence-corrected chi connectivity index (χ1v) is 12.6. The maximum atomic E-state index is 12.7. The summed E-state index contributed by atoms with van der Waals surface area (Å²) < 4.78 is 2.25. The molecule has 2 fully saturated rings. The molecule has 1 aliphatic heterocycles. The van der Waals surface area contributed by atoms with Crippen LogP contribution in [0.3, 0.4) is 0 Å². The van der Waals surface area contributed by atoms with Crippen molar-refractivity contribution in [2.24, 2.45) is 33.6 Å². The zero-order valence-electron chi connectivity index (χ0n) is 19.8. The Hall–Kier alpha value is -2.63. The lowest BCUT2D eigenvalue weighted by atomic mass is 9.47. The van der Waals surface area contributed by atoms with E-state index in [1.165, 1.54) is 37.8 Å². The number of carbonyl (C=O) groups is 1. The minimum atomic E-state index is -0.00205. The fourth-order valence-electron chi connectivity index (χ4n) is 7.91. The number of hydrogen-bond donors (Lipinski definition) is 1. The number of fused-ring (bicyclic) bond motifs is 5. The van der Waals surface area contributed by atoms with Crippen molar-refractivity contribution in [3.05, 3.63) is 48.8 Å². The van der Waals surface area contributed by atoms with Crippen LogP contribution in [-0.4, -0.2) is 39.3 Å². The maximum absolute atomic E-state index is 12.7. The molecule has 0 bridgehead atoms. The number of aromatic nitrogens is 2. The van der Waals surface area contributed by atoms with Gasteiger partial charge in [-0.05, 0) is 68.1 Å². The third-order valence-corrected chi connectivity index (χ3v) is 9.73. The molecule has 4 aliphatic carbocycles. The molecule has 1 aromatic heterocycles. The van der Waals surface area contributed by atoms with Crippen LogP contribution in [0.2, 0.25) is 0 Å². The molecular formula is C27H35N5O. The van der Waals surface area contributed by atoms with Gasteiger partial charge in [0.25, 0.3) is 0 Å². The van der Waals surface area contributed by atoms with Crippen molar-refractivity contribution in [1.82, 2.24) is 19.8 Å².